The van der Waals surface area contributed by atoms with Crippen LogP contribution in [0.25, 0.3) is 11.0 Å². The molecule has 0 radical (unpaired) electrons. The van der Waals surface area contributed by atoms with Crippen LogP contribution >= 0.6 is 0 Å². The van der Waals surface area contributed by atoms with Gasteiger partial charge in [-0.05, 0) is 30.3 Å². The van der Waals surface area contributed by atoms with Crippen molar-refractivity contribution in [1.82, 2.24) is 9.97 Å². The van der Waals surface area contributed by atoms with Gasteiger partial charge in [0, 0.05) is 5.69 Å². The van der Waals surface area contributed by atoms with Crippen molar-refractivity contribution in [3.05, 3.63) is 52.9 Å². The second-order valence-corrected chi connectivity index (χ2v) is 5.93. The van der Waals surface area contributed by atoms with Crippen LogP contribution in [0.5, 0.6) is 5.75 Å². The molecule has 2 amide bonds. The number of anilines is 2. The van der Waals surface area contributed by atoms with Crippen LogP contribution in [0.15, 0.2) is 47.3 Å². The van der Waals surface area contributed by atoms with Crippen molar-refractivity contribution in [2.75, 3.05) is 23.4 Å². The highest BCUT2D eigenvalue weighted by molar-refractivity contribution is 6.04. The number of nitrogens with one attached hydrogen (secondary N) is 3. The monoisotopic (exact) mass is 352 g/mol. The van der Waals surface area contributed by atoms with Crippen LogP contribution in [0.1, 0.15) is 6.42 Å². The first-order chi connectivity index (χ1) is 12.6. The molecule has 0 atom stereocenters. The maximum atomic E-state index is 12.5. The fraction of sp³-hybridized carbons (Fsp3) is 0.167. The lowest BCUT2D eigenvalue weighted by Crippen LogP contribution is -2.37. The molecule has 0 aliphatic carbocycles. The lowest BCUT2D eigenvalue weighted by molar-refractivity contribution is -0.121. The van der Waals surface area contributed by atoms with Crippen LogP contribution < -0.4 is 20.6 Å². The molecular formula is C18H16N4O4. The Morgan fingerprint density at radius 3 is 2.81 bits per heavy atom. The van der Waals surface area contributed by atoms with Crippen molar-refractivity contribution in [3.63, 3.8) is 0 Å². The fourth-order valence-electron chi connectivity index (χ4n) is 2.95. The number of para-hydroxylation sites is 2. The number of amides is 2. The zero-order chi connectivity index (χ0) is 18.1. The molecule has 26 heavy (non-hydrogen) atoms. The van der Waals surface area contributed by atoms with E-state index in [4.69, 9.17) is 4.74 Å². The van der Waals surface area contributed by atoms with Crippen molar-refractivity contribution in [2.45, 2.75) is 6.42 Å². The van der Waals surface area contributed by atoms with Crippen molar-refractivity contribution < 1.29 is 14.3 Å². The summed E-state index contributed by atoms with van der Waals surface area (Å²) in [5, 5.41) is 2.75. The van der Waals surface area contributed by atoms with Gasteiger partial charge < -0.3 is 20.0 Å². The third-order valence-corrected chi connectivity index (χ3v) is 4.13. The number of hydrogen-bond acceptors (Lipinski definition) is 4. The highest BCUT2D eigenvalue weighted by Crippen LogP contribution is 2.30. The zero-order valence-corrected chi connectivity index (χ0v) is 13.7. The number of imidazole rings is 1. The van der Waals surface area contributed by atoms with Crippen LogP contribution in [-0.2, 0) is 9.59 Å². The van der Waals surface area contributed by atoms with Gasteiger partial charge in [-0.15, -0.1) is 0 Å². The van der Waals surface area contributed by atoms with Gasteiger partial charge in [-0.2, -0.15) is 0 Å². The minimum absolute atomic E-state index is 0.124. The first-order valence-electron chi connectivity index (χ1n) is 8.14. The zero-order valence-electron chi connectivity index (χ0n) is 13.7. The van der Waals surface area contributed by atoms with Crippen LogP contribution in [0.3, 0.4) is 0 Å². The Bertz CT molecular complexity index is 1050. The Labute approximate surface area is 147 Å². The third-order valence-electron chi connectivity index (χ3n) is 4.13. The highest BCUT2D eigenvalue weighted by atomic mass is 16.5. The van der Waals surface area contributed by atoms with Crippen LogP contribution in [0.2, 0.25) is 0 Å². The number of carbonyl (C=O) groups is 2. The Hall–Kier alpha value is -3.55. The third kappa shape index (κ3) is 3.04. The first kappa shape index (κ1) is 15.9. The smallest absolute Gasteiger partial charge is 0.323 e. The van der Waals surface area contributed by atoms with Crippen molar-refractivity contribution in [2.24, 2.45) is 0 Å². The second kappa shape index (κ2) is 6.40. The van der Waals surface area contributed by atoms with Gasteiger partial charge >= 0.3 is 5.69 Å². The van der Waals surface area contributed by atoms with Crippen LogP contribution in [0, 0.1) is 0 Å². The Morgan fingerprint density at radius 2 is 1.92 bits per heavy atom. The molecule has 0 bridgehead atoms. The van der Waals surface area contributed by atoms with E-state index < -0.39 is 0 Å². The fourth-order valence-corrected chi connectivity index (χ4v) is 2.95. The van der Waals surface area contributed by atoms with E-state index in [9.17, 15) is 14.4 Å². The van der Waals surface area contributed by atoms with E-state index in [-0.39, 0.29) is 37.1 Å². The average Bonchev–Trinajstić information content (AvgIpc) is 2.91. The van der Waals surface area contributed by atoms with Gasteiger partial charge in [-0.3, -0.25) is 14.5 Å². The summed E-state index contributed by atoms with van der Waals surface area (Å²) in [6.07, 6.45) is 0.207. The summed E-state index contributed by atoms with van der Waals surface area (Å²) in [6, 6.07) is 12.2. The Balaban J connectivity index is 1.54. The van der Waals surface area contributed by atoms with E-state index in [1.165, 1.54) is 4.90 Å². The summed E-state index contributed by atoms with van der Waals surface area (Å²) >= 11 is 0. The molecule has 1 aromatic heterocycles. The molecule has 3 N–H and O–H groups in total. The molecule has 0 saturated heterocycles. The van der Waals surface area contributed by atoms with Gasteiger partial charge in [0.25, 0.3) is 0 Å². The summed E-state index contributed by atoms with van der Waals surface area (Å²) in [5.74, 6) is 0.0697. The lowest BCUT2D eigenvalue weighted by Gasteiger charge is -2.21. The molecule has 0 spiro atoms. The highest BCUT2D eigenvalue weighted by Gasteiger charge is 2.25. The molecule has 0 saturated carbocycles. The lowest BCUT2D eigenvalue weighted by atomic mass is 10.2. The van der Waals surface area contributed by atoms with E-state index in [0.29, 0.717) is 28.2 Å². The number of carbonyl (C=O) groups excluding carboxylic acids is 2. The predicted octanol–water partition coefficient (Wildman–Crippen LogP) is 1.61. The number of rotatable bonds is 3. The average molecular weight is 352 g/mol. The maximum Gasteiger partial charge on any atom is 0.323 e. The van der Waals surface area contributed by atoms with Gasteiger partial charge in [0.05, 0.1) is 29.7 Å². The second-order valence-electron chi connectivity index (χ2n) is 5.93. The number of hydrogen-bond donors (Lipinski definition) is 3. The molecule has 4 rings (SSSR count). The molecule has 0 unspecified atom stereocenters. The largest absolute Gasteiger partial charge is 0.491 e. The normalized spacial score (nSPS) is 13.8. The molecule has 0 fully saturated rings. The number of fused-ring (bicyclic) bond motifs is 2. The van der Waals surface area contributed by atoms with Gasteiger partial charge in [0.2, 0.25) is 11.8 Å². The minimum atomic E-state index is -0.340. The number of ether oxygens (including phenoxy) is 1. The van der Waals surface area contributed by atoms with Gasteiger partial charge in [0.1, 0.15) is 12.3 Å². The van der Waals surface area contributed by atoms with E-state index in [0.717, 1.165) is 0 Å². The molecule has 3 aromatic rings. The molecule has 8 nitrogen and oxygen atoms in total. The van der Waals surface area contributed by atoms with E-state index >= 15 is 0 Å². The van der Waals surface area contributed by atoms with E-state index in [1.54, 1.807) is 36.4 Å². The van der Waals surface area contributed by atoms with Crippen molar-refractivity contribution >= 4 is 34.2 Å². The van der Waals surface area contributed by atoms with Gasteiger partial charge in [-0.1, -0.05) is 12.1 Å². The van der Waals surface area contributed by atoms with Gasteiger partial charge in [0.15, 0.2) is 0 Å². The molecular weight excluding hydrogens is 336 g/mol. The SMILES string of the molecule is O=C(CN1C(=O)CCOc2ccccc21)Nc1ccc2[nH]c(=O)[nH]c2c1. The molecule has 1 aliphatic rings. The number of nitrogens with zero attached hydrogens (tertiary/aromatic N) is 1. The number of aromatic amines is 2. The van der Waals surface area contributed by atoms with Crippen LogP contribution in [-0.4, -0.2) is 34.9 Å². The first-order valence-corrected chi connectivity index (χ1v) is 8.14. The standard InChI is InChI=1S/C18H16N4O4/c23-16(19-11-5-6-12-13(9-11)21-18(25)20-12)10-22-14-3-1-2-4-15(14)26-8-7-17(22)24/h1-6,9H,7-8,10H2,(H,19,23)(H2,20,21,25). The minimum Gasteiger partial charge on any atom is -0.491 e. The molecule has 1 aliphatic heterocycles. The molecule has 2 aromatic carbocycles. The molecule has 2 heterocycles. The Kier molecular flexibility index (Phi) is 3.92. The summed E-state index contributed by atoms with van der Waals surface area (Å²) in [7, 11) is 0. The topological polar surface area (TPSA) is 107 Å². The summed E-state index contributed by atoms with van der Waals surface area (Å²) < 4.78 is 5.57. The molecule has 8 heteroatoms. The number of benzene rings is 2. The number of aromatic nitrogens is 2. The van der Waals surface area contributed by atoms with Crippen LogP contribution in [0.4, 0.5) is 11.4 Å². The summed E-state index contributed by atoms with van der Waals surface area (Å²) in [5.41, 5.74) is 2.05. The van der Waals surface area contributed by atoms with E-state index in [2.05, 4.69) is 15.3 Å². The number of H-pyrrole nitrogens is 2. The van der Waals surface area contributed by atoms with Crippen molar-refractivity contribution in [1.29, 1.82) is 0 Å². The van der Waals surface area contributed by atoms with E-state index in [1.807, 2.05) is 6.07 Å². The predicted molar refractivity (Wildman–Crippen MR) is 96.5 cm³/mol. The summed E-state index contributed by atoms with van der Waals surface area (Å²) in [6.45, 7) is 0.159. The Morgan fingerprint density at radius 1 is 1.12 bits per heavy atom. The maximum absolute atomic E-state index is 12.5. The van der Waals surface area contributed by atoms with Gasteiger partial charge in [-0.25, -0.2) is 4.79 Å². The quantitative estimate of drug-likeness (QED) is 0.665. The summed E-state index contributed by atoms with van der Waals surface area (Å²) in [4.78, 5) is 42.8. The molecule has 132 valence electrons. The van der Waals surface area contributed by atoms with Crippen molar-refractivity contribution in [3.8, 4) is 5.75 Å².